The van der Waals surface area contributed by atoms with Crippen LogP contribution in [0.1, 0.15) is 16.0 Å². The molecule has 1 N–H and O–H groups in total. The maximum Gasteiger partial charge on any atom is 0.192 e. The first-order valence-corrected chi connectivity index (χ1v) is 8.71. The Morgan fingerprint density at radius 3 is 2.81 bits per heavy atom. The first-order chi connectivity index (χ1) is 10.3. The third-order valence-corrected chi connectivity index (χ3v) is 5.79. The van der Waals surface area contributed by atoms with Crippen molar-refractivity contribution < 1.29 is 0 Å². The quantitative estimate of drug-likeness (QED) is 0.355. The highest BCUT2D eigenvalue weighted by molar-refractivity contribution is 14.1. The average molecular weight is 404 g/mol. The minimum Gasteiger partial charge on any atom is -0.304 e. The Balaban J connectivity index is 1.80. The van der Waals surface area contributed by atoms with Gasteiger partial charge >= 0.3 is 0 Å². The molecule has 0 bridgehead atoms. The van der Waals surface area contributed by atoms with Crippen molar-refractivity contribution in [2.75, 3.05) is 3.53 Å². The highest BCUT2D eigenvalue weighted by Gasteiger charge is 2.23. The molecule has 0 amide bonds. The molecule has 0 fully saturated rings. The Kier molecular flexibility index (Phi) is 3.23. The lowest BCUT2D eigenvalue weighted by atomic mass is 9.97. The Labute approximate surface area is 141 Å². The van der Waals surface area contributed by atoms with Crippen LogP contribution in [-0.4, -0.2) is 4.98 Å². The number of hydrogen-bond donors (Lipinski definition) is 1. The number of nitrogens with one attached hydrogen (secondary N) is 1. The van der Waals surface area contributed by atoms with E-state index in [-0.39, 0.29) is 0 Å². The van der Waals surface area contributed by atoms with Crippen LogP contribution in [0, 0.1) is 6.92 Å². The van der Waals surface area contributed by atoms with Crippen LogP contribution in [0.5, 0.6) is 0 Å². The minimum atomic E-state index is 0.995. The molecule has 0 saturated carbocycles. The molecule has 0 atom stereocenters. The van der Waals surface area contributed by atoms with Crippen LogP contribution < -0.4 is 3.53 Å². The summed E-state index contributed by atoms with van der Waals surface area (Å²) in [4.78, 5) is 6.04. The summed E-state index contributed by atoms with van der Waals surface area (Å²) >= 11 is 3.89. The number of anilines is 1. The van der Waals surface area contributed by atoms with Gasteiger partial charge in [0.1, 0.15) is 0 Å². The molecule has 0 radical (unpaired) electrons. The molecule has 4 rings (SSSR count). The zero-order valence-electron chi connectivity index (χ0n) is 11.5. The molecular weight excluding hydrogens is 391 g/mol. The van der Waals surface area contributed by atoms with Gasteiger partial charge in [0.05, 0.1) is 28.6 Å². The third kappa shape index (κ3) is 2.17. The minimum absolute atomic E-state index is 0.995. The number of rotatable bonds is 2. The molecule has 1 aliphatic rings. The molecule has 1 aliphatic carbocycles. The first kappa shape index (κ1) is 13.3. The Morgan fingerprint density at radius 1 is 1.14 bits per heavy atom. The largest absolute Gasteiger partial charge is 0.304 e. The van der Waals surface area contributed by atoms with Gasteiger partial charge in [0, 0.05) is 16.9 Å². The number of benzene rings is 2. The Bertz CT molecular complexity index is 839. The zero-order valence-corrected chi connectivity index (χ0v) is 14.5. The van der Waals surface area contributed by atoms with Gasteiger partial charge in [-0.1, -0.05) is 42.5 Å². The fourth-order valence-corrected chi connectivity index (χ4v) is 4.27. The average Bonchev–Trinajstić information content (AvgIpc) is 3.04. The van der Waals surface area contributed by atoms with E-state index in [2.05, 4.69) is 80.8 Å². The number of thiazole rings is 1. The topological polar surface area (TPSA) is 24.9 Å². The molecule has 0 saturated heterocycles. The summed E-state index contributed by atoms with van der Waals surface area (Å²) in [6.07, 6.45) is 1.00. The predicted octanol–water partition coefficient (Wildman–Crippen LogP) is 5.45. The summed E-state index contributed by atoms with van der Waals surface area (Å²) < 4.78 is 3.11. The molecular formula is C17H13IN2S. The van der Waals surface area contributed by atoms with Crippen molar-refractivity contribution in [1.29, 1.82) is 0 Å². The molecule has 2 aromatic carbocycles. The highest BCUT2D eigenvalue weighted by Crippen LogP contribution is 2.42. The second-order valence-electron chi connectivity index (χ2n) is 5.25. The van der Waals surface area contributed by atoms with Gasteiger partial charge in [-0.05, 0) is 29.2 Å². The normalized spacial score (nSPS) is 12.1. The lowest BCUT2D eigenvalue weighted by Crippen LogP contribution is -1.87. The molecule has 3 aromatic rings. The van der Waals surface area contributed by atoms with Gasteiger partial charge in [-0.3, -0.25) is 0 Å². The Hall–Kier alpha value is -1.40. The van der Waals surface area contributed by atoms with Gasteiger partial charge in [0.25, 0.3) is 0 Å². The van der Waals surface area contributed by atoms with Gasteiger partial charge in [-0.15, -0.1) is 11.3 Å². The van der Waals surface area contributed by atoms with Crippen molar-refractivity contribution in [2.24, 2.45) is 0 Å². The molecule has 0 spiro atoms. The van der Waals surface area contributed by atoms with E-state index in [1.54, 1.807) is 11.3 Å². The van der Waals surface area contributed by atoms with Gasteiger partial charge < -0.3 is 3.53 Å². The summed E-state index contributed by atoms with van der Waals surface area (Å²) in [6, 6.07) is 15.3. The summed E-state index contributed by atoms with van der Waals surface area (Å²) in [6.45, 7) is 2.17. The van der Waals surface area contributed by atoms with Crippen molar-refractivity contribution in [3.8, 4) is 22.4 Å². The summed E-state index contributed by atoms with van der Waals surface area (Å²) in [7, 11) is 0. The number of fused-ring (bicyclic) bond motifs is 3. The smallest absolute Gasteiger partial charge is 0.192 e. The van der Waals surface area contributed by atoms with Gasteiger partial charge in [0.15, 0.2) is 5.13 Å². The second-order valence-corrected chi connectivity index (χ2v) is 6.87. The maximum absolute atomic E-state index is 4.67. The van der Waals surface area contributed by atoms with Crippen LogP contribution in [0.25, 0.3) is 22.4 Å². The van der Waals surface area contributed by atoms with Crippen molar-refractivity contribution in [3.63, 3.8) is 0 Å². The predicted molar refractivity (Wildman–Crippen MR) is 98.2 cm³/mol. The number of halogens is 1. The second kappa shape index (κ2) is 5.10. The van der Waals surface area contributed by atoms with E-state index in [1.165, 1.54) is 32.7 Å². The van der Waals surface area contributed by atoms with Gasteiger partial charge in [-0.25, -0.2) is 4.98 Å². The molecule has 0 unspecified atom stereocenters. The molecule has 104 valence electrons. The summed E-state index contributed by atoms with van der Waals surface area (Å²) in [5.41, 5.74) is 7.78. The van der Waals surface area contributed by atoms with E-state index in [1.807, 2.05) is 0 Å². The first-order valence-electron chi connectivity index (χ1n) is 6.82. The Morgan fingerprint density at radius 2 is 2.00 bits per heavy atom. The van der Waals surface area contributed by atoms with E-state index >= 15 is 0 Å². The monoisotopic (exact) mass is 404 g/mol. The lowest BCUT2D eigenvalue weighted by molar-refractivity contribution is 1.30. The number of hydrogen-bond acceptors (Lipinski definition) is 3. The van der Waals surface area contributed by atoms with Crippen molar-refractivity contribution in [3.05, 3.63) is 58.5 Å². The SMILES string of the molecule is Cc1ccccc1-c1ccc2c(c1)Cc1sc(NI)nc1-2. The van der Waals surface area contributed by atoms with Crippen molar-refractivity contribution in [2.45, 2.75) is 13.3 Å². The van der Waals surface area contributed by atoms with E-state index < -0.39 is 0 Å². The van der Waals surface area contributed by atoms with Crippen LogP contribution in [0.3, 0.4) is 0 Å². The fourth-order valence-electron chi connectivity index (χ4n) is 2.93. The molecule has 1 heterocycles. The molecule has 4 heteroatoms. The van der Waals surface area contributed by atoms with Crippen molar-refractivity contribution in [1.82, 2.24) is 4.98 Å². The van der Waals surface area contributed by atoms with Gasteiger partial charge in [-0.2, -0.15) is 0 Å². The van der Waals surface area contributed by atoms with Crippen LogP contribution in [-0.2, 0) is 6.42 Å². The highest BCUT2D eigenvalue weighted by atomic mass is 127. The number of aryl methyl sites for hydroxylation is 1. The standard InChI is InChI=1S/C17H13IN2S/c1-10-4-2-3-5-13(10)11-6-7-14-12(8-11)9-15-16(14)19-17(20-18)21-15/h2-8H,9H2,1H3,(H,19,20). The van der Waals surface area contributed by atoms with Gasteiger partial charge in [0.2, 0.25) is 0 Å². The van der Waals surface area contributed by atoms with Crippen LogP contribution in [0.15, 0.2) is 42.5 Å². The maximum atomic E-state index is 4.67. The van der Waals surface area contributed by atoms with E-state index in [0.29, 0.717) is 0 Å². The van der Waals surface area contributed by atoms with E-state index in [4.69, 9.17) is 0 Å². The molecule has 0 aliphatic heterocycles. The van der Waals surface area contributed by atoms with Crippen molar-refractivity contribution >= 4 is 39.3 Å². The molecule has 21 heavy (non-hydrogen) atoms. The van der Waals surface area contributed by atoms with Crippen LogP contribution >= 0.6 is 34.2 Å². The van der Waals surface area contributed by atoms with Crippen LogP contribution in [0.2, 0.25) is 0 Å². The summed E-state index contributed by atoms with van der Waals surface area (Å²) in [5, 5.41) is 0.995. The molecule has 2 nitrogen and oxygen atoms in total. The third-order valence-electron chi connectivity index (χ3n) is 3.95. The molecule has 1 aromatic heterocycles. The number of aromatic nitrogens is 1. The summed E-state index contributed by atoms with van der Waals surface area (Å²) in [5.74, 6) is 0. The van der Waals surface area contributed by atoms with E-state index in [0.717, 1.165) is 17.2 Å². The lowest BCUT2D eigenvalue weighted by Gasteiger charge is -2.08. The zero-order chi connectivity index (χ0) is 14.4. The number of nitrogens with zero attached hydrogens (tertiary/aromatic N) is 1. The van der Waals surface area contributed by atoms with Crippen LogP contribution in [0.4, 0.5) is 5.13 Å². The van der Waals surface area contributed by atoms with E-state index in [9.17, 15) is 0 Å². The fraction of sp³-hybridized carbons (Fsp3) is 0.118.